The van der Waals surface area contributed by atoms with Gasteiger partial charge in [-0.3, -0.25) is 0 Å². The predicted octanol–water partition coefficient (Wildman–Crippen LogP) is -0.685. The Morgan fingerprint density at radius 1 is 1.20 bits per heavy atom. The highest BCUT2D eigenvalue weighted by Gasteiger charge is 2.21. The van der Waals surface area contributed by atoms with Crippen molar-refractivity contribution in [2.24, 2.45) is 11.8 Å². The van der Waals surface area contributed by atoms with Gasteiger partial charge in [-0.2, -0.15) is 0 Å². The Morgan fingerprint density at radius 2 is 1.67 bits per heavy atom. The van der Waals surface area contributed by atoms with E-state index in [1.807, 2.05) is 0 Å². The fraction of sp³-hybridized carbons (Fsp3) is 0.700. The molecule has 1 unspecified atom stereocenters. The van der Waals surface area contributed by atoms with E-state index in [0.717, 1.165) is 0 Å². The normalized spacial score (nSPS) is 12.6. The number of aliphatic hydroxyl groups is 3. The summed E-state index contributed by atoms with van der Waals surface area (Å²) in [7, 11) is 0. The quantitative estimate of drug-likeness (QED) is 0.389. The van der Waals surface area contributed by atoms with Crippen molar-refractivity contribution in [2.75, 3.05) is 26.4 Å². The molecule has 0 saturated heterocycles. The van der Waals surface area contributed by atoms with Gasteiger partial charge >= 0.3 is 5.97 Å². The Balaban J connectivity index is 4.10. The van der Waals surface area contributed by atoms with Gasteiger partial charge in [-0.05, 0) is 6.92 Å². The zero-order chi connectivity index (χ0) is 11.8. The van der Waals surface area contributed by atoms with E-state index in [1.54, 1.807) is 0 Å². The van der Waals surface area contributed by atoms with Crippen LogP contribution >= 0.6 is 0 Å². The van der Waals surface area contributed by atoms with Crippen LogP contribution in [0.5, 0.6) is 0 Å². The van der Waals surface area contributed by atoms with Gasteiger partial charge in [-0.25, -0.2) is 4.79 Å². The predicted molar refractivity (Wildman–Crippen MR) is 54.0 cm³/mol. The molecule has 0 bridgehead atoms. The van der Waals surface area contributed by atoms with Gasteiger partial charge in [-0.15, -0.1) is 0 Å². The number of carbonyl (C=O) groups is 1. The Morgan fingerprint density at radius 3 is 2.00 bits per heavy atom. The van der Waals surface area contributed by atoms with Crippen LogP contribution in [0.3, 0.4) is 0 Å². The van der Waals surface area contributed by atoms with Crippen molar-refractivity contribution < 1.29 is 24.9 Å². The summed E-state index contributed by atoms with van der Waals surface area (Å²) in [5.74, 6) is -1.47. The van der Waals surface area contributed by atoms with E-state index in [2.05, 4.69) is 6.58 Å². The Bertz CT molecular complexity index is 210. The van der Waals surface area contributed by atoms with E-state index < -0.39 is 17.8 Å². The van der Waals surface area contributed by atoms with Crippen LogP contribution in [-0.4, -0.2) is 47.7 Å². The summed E-state index contributed by atoms with van der Waals surface area (Å²) in [5.41, 5.74) is 0.274. The van der Waals surface area contributed by atoms with Crippen LogP contribution in [0.1, 0.15) is 6.92 Å². The van der Waals surface area contributed by atoms with Crippen molar-refractivity contribution in [2.45, 2.75) is 6.92 Å². The molecule has 3 N–H and O–H groups in total. The summed E-state index contributed by atoms with van der Waals surface area (Å²) >= 11 is 0. The van der Waals surface area contributed by atoms with E-state index in [0.29, 0.717) is 0 Å². The molecule has 0 aliphatic rings. The zero-order valence-corrected chi connectivity index (χ0v) is 8.85. The first kappa shape index (κ1) is 14.1. The fourth-order valence-electron chi connectivity index (χ4n) is 1.000. The second kappa shape index (κ2) is 7.39. The minimum atomic E-state index is -0.539. The molecule has 0 aliphatic carbocycles. The van der Waals surface area contributed by atoms with Crippen LogP contribution in [0, 0.1) is 11.8 Å². The standard InChI is InChI=1S/C10H18O5/c1-7(2)10(14)15-6-9(5-13)8(3-11)4-12/h8-9,11-13H,1,3-6H2,2H3. The second-order valence-electron chi connectivity index (χ2n) is 3.45. The molecule has 0 fully saturated rings. The molecule has 5 nitrogen and oxygen atoms in total. The molecular formula is C10H18O5. The van der Waals surface area contributed by atoms with Crippen LogP contribution in [0.4, 0.5) is 0 Å². The maximum absolute atomic E-state index is 11.0. The van der Waals surface area contributed by atoms with Crippen molar-refractivity contribution in [1.29, 1.82) is 0 Å². The van der Waals surface area contributed by atoms with Crippen molar-refractivity contribution in [3.8, 4) is 0 Å². The van der Waals surface area contributed by atoms with Crippen LogP contribution in [0.25, 0.3) is 0 Å². The third-order valence-electron chi connectivity index (χ3n) is 2.15. The number of esters is 1. The summed E-state index contributed by atoms with van der Waals surface area (Å²) in [5, 5.41) is 26.7. The SMILES string of the molecule is C=C(C)C(=O)OCC(CO)C(CO)CO. The Hall–Kier alpha value is -0.910. The lowest BCUT2D eigenvalue weighted by Gasteiger charge is -2.21. The molecule has 0 amide bonds. The largest absolute Gasteiger partial charge is 0.462 e. The molecule has 0 aliphatic heterocycles. The van der Waals surface area contributed by atoms with E-state index in [1.165, 1.54) is 6.92 Å². The average molecular weight is 218 g/mol. The topological polar surface area (TPSA) is 87.0 Å². The maximum Gasteiger partial charge on any atom is 0.333 e. The zero-order valence-electron chi connectivity index (χ0n) is 8.85. The number of rotatable bonds is 7. The molecule has 0 radical (unpaired) electrons. The highest BCUT2D eigenvalue weighted by molar-refractivity contribution is 5.86. The summed E-state index contributed by atoms with van der Waals surface area (Å²) < 4.78 is 4.82. The number of aliphatic hydroxyl groups excluding tert-OH is 3. The first-order valence-corrected chi connectivity index (χ1v) is 4.72. The second-order valence-corrected chi connectivity index (χ2v) is 3.45. The van der Waals surface area contributed by atoms with E-state index >= 15 is 0 Å². The highest BCUT2D eigenvalue weighted by Crippen LogP contribution is 2.11. The molecule has 88 valence electrons. The van der Waals surface area contributed by atoms with E-state index in [-0.39, 0.29) is 32.0 Å². The number of ether oxygens (including phenoxy) is 1. The van der Waals surface area contributed by atoms with Gasteiger partial charge in [0.1, 0.15) is 0 Å². The molecule has 0 aromatic carbocycles. The first-order valence-electron chi connectivity index (χ1n) is 4.72. The van der Waals surface area contributed by atoms with Crippen LogP contribution in [-0.2, 0) is 9.53 Å². The van der Waals surface area contributed by atoms with Gasteiger partial charge in [0, 0.05) is 37.2 Å². The molecular weight excluding hydrogens is 200 g/mol. The Labute approximate surface area is 89.0 Å². The van der Waals surface area contributed by atoms with Gasteiger partial charge in [0.25, 0.3) is 0 Å². The highest BCUT2D eigenvalue weighted by atomic mass is 16.5. The Kier molecular flexibility index (Phi) is 6.94. The first-order chi connectivity index (χ1) is 7.06. The third kappa shape index (κ3) is 4.92. The lowest BCUT2D eigenvalue weighted by molar-refractivity contribution is -0.141. The van der Waals surface area contributed by atoms with Gasteiger partial charge in [0.2, 0.25) is 0 Å². The van der Waals surface area contributed by atoms with Crippen molar-refractivity contribution in [3.05, 3.63) is 12.2 Å². The third-order valence-corrected chi connectivity index (χ3v) is 2.15. The van der Waals surface area contributed by atoms with Crippen LogP contribution in [0.15, 0.2) is 12.2 Å². The maximum atomic E-state index is 11.0. The molecule has 0 aromatic heterocycles. The smallest absolute Gasteiger partial charge is 0.333 e. The average Bonchev–Trinajstić information content (AvgIpc) is 2.23. The van der Waals surface area contributed by atoms with Crippen molar-refractivity contribution in [3.63, 3.8) is 0 Å². The van der Waals surface area contributed by atoms with Gasteiger partial charge in [-0.1, -0.05) is 6.58 Å². The van der Waals surface area contributed by atoms with Crippen molar-refractivity contribution >= 4 is 5.97 Å². The van der Waals surface area contributed by atoms with Gasteiger partial charge < -0.3 is 20.1 Å². The minimum Gasteiger partial charge on any atom is -0.462 e. The lowest BCUT2D eigenvalue weighted by Crippen LogP contribution is -2.30. The van der Waals surface area contributed by atoms with E-state index in [4.69, 9.17) is 20.1 Å². The molecule has 1 atom stereocenters. The molecule has 0 spiro atoms. The van der Waals surface area contributed by atoms with Crippen molar-refractivity contribution in [1.82, 2.24) is 0 Å². The van der Waals surface area contributed by atoms with Crippen LogP contribution in [0.2, 0.25) is 0 Å². The lowest BCUT2D eigenvalue weighted by atomic mass is 9.95. The monoisotopic (exact) mass is 218 g/mol. The van der Waals surface area contributed by atoms with E-state index in [9.17, 15) is 4.79 Å². The number of hydrogen-bond donors (Lipinski definition) is 3. The number of hydrogen-bond acceptors (Lipinski definition) is 5. The van der Waals surface area contributed by atoms with Gasteiger partial charge in [0.15, 0.2) is 0 Å². The molecule has 0 aromatic rings. The van der Waals surface area contributed by atoms with Gasteiger partial charge in [0.05, 0.1) is 6.61 Å². The minimum absolute atomic E-state index is 0.0337. The fourth-order valence-corrected chi connectivity index (χ4v) is 1.000. The number of carbonyl (C=O) groups excluding carboxylic acids is 1. The summed E-state index contributed by atoms with van der Waals surface area (Å²) in [4.78, 5) is 11.0. The molecule has 0 heterocycles. The van der Waals surface area contributed by atoms with Crippen LogP contribution < -0.4 is 0 Å². The molecule has 0 saturated carbocycles. The molecule has 5 heteroatoms. The molecule has 15 heavy (non-hydrogen) atoms. The molecule has 0 rings (SSSR count). The summed E-state index contributed by atoms with van der Waals surface area (Å²) in [6.45, 7) is 4.12. The summed E-state index contributed by atoms with van der Waals surface area (Å²) in [6.07, 6.45) is 0. The summed E-state index contributed by atoms with van der Waals surface area (Å²) in [6, 6.07) is 0.